The van der Waals surface area contributed by atoms with Gasteiger partial charge in [-0.05, 0) is 33.6 Å². The molecule has 22 heavy (non-hydrogen) atoms. The van der Waals surface area contributed by atoms with Crippen molar-refractivity contribution in [2.24, 2.45) is 0 Å². The number of rotatable bonds is 4. The average Bonchev–Trinajstić information content (AvgIpc) is 3.19. The molecule has 0 saturated carbocycles. The minimum Gasteiger partial charge on any atom is -0.361 e. The molecule has 118 valence electrons. The fourth-order valence-corrected chi connectivity index (χ4v) is 2.92. The van der Waals surface area contributed by atoms with Crippen molar-refractivity contribution >= 4 is 5.91 Å². The van der Waals surface area contributed by atoms with Crippen LogP contribution in [0.5, 0.6) is 0 Å². The zero-order chi connectivity index (χ0) is 15.7. The van der Waals surface area contributed by atoms with Gasteiger partial charge in [0.2, 0.25) is 11.8 Å². The molecule has 3 heterocycles. The Balaban J connectivity index is 1.55. The van der Waals surface area contributed by atoms with E-state index in [2.05, 4.69) is 15.3 Å². The molecule has 1 aliphatic heterocycles. The molecule has 7 heteroatoms. The van der Waals surface area contributed by atoms with Crippen LogP contribution in [-0.2, 0) is 11.2 Å². The van der Waals surface area contributed by atoms with Gasteiger partial charge in [-0.2, -0.15) is 4.98 Å². The molecule has 0 aromatic carbocycles. The minimum absolute atomic E-state index is 0.152. The highest BCUT2D eigenvalue weighted by Crippen LogP contribution is 2.26. The van der Waals surface area contributed by atoms with E-state index in [1.54, 1.807) is 6.92 Å². The van der Waals surface area contributed by atoms with E-state index in [9.17, 15) is 4.79 Å². The van der Waals surface area contributed by atoms with Crippen molar-refractivity contribution in [1.82, 2.24) is 20.2 Å². The Morgan fingerprint density at radius 3 is 2.73 bits per heavy atom. The summed E-state index contributed by atoms with van der Waals surface area (Å²) >= 11 is 0. The summed E-state index contributed by atoms with van der Waals surface area (Å²) in [4.78, 5) is 18.5. The van der Waals surface area contributed by atoms with Gasteiger partial charge in [0.25, 0.3) is 0 Å². The zero-order valence-corrected chi connectivity index (χ0v) is 13.1. The smallest absolute Gasteiger partial charge is 0.231 e. The first-order valence-electron chi connectivity index (χ1n) is 7.54. The third-order valence-corrected chi connectivity index (χ3v) is 4.20. The van der Waals surface area contributed by atoms with Crippen LogP contribution in [-0.4, -0.2) is 39.2 Å². The molecule has 0 spiro atoms. The Kier molecular flexibility index (Phi) is 3.96. The number of carbonyl (C=O) groups is 1. The molecule has 2 aromatic heterocycles. The van der Waals surface area contributed by atoms with Gasteiger partial charge in [-0.3, -0.25) is 4.79 Å². The molecule has 1 aliphatic rings. The number of nitrogens with zero attached hydrogens (tertiary/aromatic N) is 4. The number of aryl methyl sites for hydroxylation is 3. The molecule has 2 aromatic rings. The Bertz CT molecular complexity index is 657. The lowest BCUT2D eigenvalue weighted by atomic mass is 10.1. The number of carbonyl (C=O) groups excluding carboxylic acids is 1. The first kappa shape index (κ1) is 14.7. The van der Waals surface area contributed by atoms with E-state index in [4.69, 9.17) is 9.05 Å². The second-order valence-electron chi connectivity index (χ2n) is 5.81. The van der Waals surface area contributed by atoms with Gasteiger partial charge in [-0.25, -0.2) is 0 Å². The van der Waals surface area contributed by atoms with Crippen molar-refractivity contribution in [2.75, 3.05) is 13.1 Å². The van der Waals surface area contributed by atoms with Crippen LogP contribution in [0.2, 0.25) is 0 Å². The van der Waals surface area contributed by atoms with E-state index in [0.29, 0.717) is 31.1 Å². The molecular formula is C15H20N4O3. The van der Waals surface area contributed by atoms with E-state index in [0.717, 1.165) is 30.0 Å². The van der Waals surface area contributed by atoms with Crippen LogP contribution in [0, 0.1) is 20.8 Å². The van der Waals surface area contributed by atoms with Gasteiger partial charge in [0.15, 0.2) is 5.82 Å². The van der Waals surface area contributed by atoms with Crippen LogP contribution in [0.3, 0.4) is 0 Å². The molecule has 7 nitrogen and oxygen atoms in total. The fraction of sp³-hybridized carbons (Fsp3) is 0.600. The van der Waals surface area contributed by atoms with Gasteiger partial charge in [-0.1, -0.05) is 10.3 Å². The van der Waals surface area contributed by atoms with Crippen LogP contribution in [0.15, 0.2) is 9.05 Å². The summed E-state index contributed by atoms with van der Waals surface area (Å²) in [6.45, 7) is 6.98. The molecule has 1 amide bonds. The zero-order valence-electron chi connectivity index (χ0n) is 13.1. The molecule has 0 N–H and O–H groups in total. The molecule has 1 atom stereocenters. The van der Waals surface area contributed by atoms with E-state index in [-0.39, 0.29) is 11.8 Å². The molecule has 1 saturated heterocycles. The number of likely N-dealkylation sites (tertiary alicyclic amines) is 1. The first-order chi connectivity index (χ1) is 10.5. The second-order valence-corrected chi connectivity index (χ2v) is 5.81. The van der Waals surface area contributed by atoms with Crippen molar-refractivity contribution in [2.45, 2.75) is 46.0 Å². The van der Waals surface area contributed by atoms with E-state index < -0.39 is 0 Å². The fourth-order valence-electron chi connectivity index (χ4n) is 2.92. The van der Waals surface area contributed by atoms with Crippen LogP contribution in [0.25, 0.3) is 0 Å². The molecule has 0 bridgehead atoms. The van der Waals surface area contributed by atoms with Crippen molar-refractivity contribution in [3.05, 3.63) is 28.7 Å². The van der Waals surface area contributed by atoms with E-state index in [1.807, 2.05) is 18.7 Å². The average molecular weight is 304 g/mol. The normalized spacial score (nSPS) is 18.1. The SMILES string of the molecule is Cc1noc([C@H]2CCN(C(=O)CCc3c(C)noc3C)C2)n1. The van der Waals surface area contributed by atoms with Gasteiger partial charge in [0.05, 0.1) is 11.6 Å². The topological polar surface area (TPSA) is 85.3 Å². The summed E-state index contributed by atoms with van der Waals surface area (Å²) in [5.74, 6) is 2.38. The van der Waals surface area contributed by atoms with Gasteiger partial charge in [0, 0.05) is 25.1 Å². The summed E-state index contributed by atoms with van der Waals surface area (Å²) in [7, 11) is 0. The highest BCUT2D eigenvalue weighted by Gasteiger charge is 2.30. The summed E-state index contributed by atoms with van der Waals surface area (Å²) in [5.41, 5.74) is 1.91. The molecule has 0 aliphatic carbocycles. The minimum atomic E-state index is 0.152. The highest BCUT2D eigenvalue weighted by atomic mass is 16.5. The molecule has 3 rings (SSSR count). The molecule has 0 unspecified atom stereocenters. The van der Waals surface area contributed by atoms with Gasteiger partial charge >= 0.3 is 0 Å². The van der Waals surface area contributed by atoms with Crippen molar-refractivity contribution in [1.29, 1.82) is 0 Å². The summed E-state index contributed by atoms with van der Waals surface area (Å²) in [6, 6.07) is 0. The van der Waals surface area contributed by atoms with E-state index >= 15 is 0 Å². The number of amides is 1. The van der Waals surface area contributed by atoms with Crippen LogP contribution < -0.4 is 0 Å². The maximum Gasteiger partial charge on any atom is 0.231 e. The van der Waals surface area contributed by atoms with Crippen LogP contribution in [0.4, 0.5) is 0 Å². The van der Waals surface area contributed by atoms with Crippen LogP contribution >= 0.6 is 0 Å². The lowest BCUT2D eigenvalue weighted by Crippen LogP contribution is -2.28. The van der Waals surface area contributed by atoms with Gasteiger partial charge < -0.3 is 13.9 Å². The third kappa shape index (κ3) is 2.88. The Morgan fingerprint density at radius 2 is 2.09 bits per heavy atom. The summed E-state index contributed by atoms with van der Waals surface area (Å²) < 4.78 is 10.3. The lowest BCUT2D eigenvalue weighted by molar-refractivity contribution is -0.130. The largest absolute Gasteiger partial charge is 0.361 e. The second kappa shape index (κ2) is 5.90. The molecule has 0 radical (unpaired) electrons. The summed E-state index contributed by atoms with van der Waals surface area (Å²) in [5, 5.41) is 7.73. The maximum atomic E-state index is 12.4. The number of aromatic nitrogens is 3. The van der Waals surface area contributed by atoms with Crippen molar-refractivity contribution < 1.29 is 13.8 Å². The summed E-state index contributed by atoms with van der Waals surface area (Å²) in [6.07, 6.45) is 2.01. The highest BCUT2D eigenvalue weighted by molar-refractivity contribution is 5.76. The predicted molar refractivity (Wildman–Crippen MR) is 77.3 cm³/mol. The monoisotopic (exact) mass is 304 g/mol. The van der Waals surface area contributed by atoms with Crippen molar-refractivity contribution in [3.63, 3.8) is 0 Å². The number of hydrogen-bond donors (Lipinski definition) is 0. The third-order valence-electron chi connectivity index (χ3n) is 4.20. The molecule has 1 fully saturated rings. The van der Waals surface area contributed by atoms with Crippen molar-refractivity contribution in [3.8, 4) is 0 Å². The van der Waals surface area contributed by atoms with Gasteiger partial charge in [-0.15, -0.1) is 0 Å². The quantitative estimate of drug-likeness (QED) is 0.858. The first-order valence-corrected chi connectivity index (χ1v) is 7.54. The Labute approximate surface area is 128 Å². The Morgan fingerprint density at radius 1 is 1.27 bits per heavy atom. The molecular weight excluding hydrogens is 284 g/mol. The van der Waals surface area contributed by atoms with Gasteiger partial charge in [0.1, 0.15) is 5.76 Å². The van der Waals surface area contributed by atoms with Crippen LogP contribution in [0.1, 0.15) is 47.5 Å². The Hall–Kier alpha value is -2.18. The lowest BCUT2D eigenvalue weighted by Gasteiger charge is -2.15. The predicted octanol–water partition coefficient (Wildman–Crippen LogP) is 1.93. The van der Waals surface area contributed by atoms with E-state index in [1.165, 1.54) is 0 Å². The standard InChI is InChI=1S/C15H20N4O3/c1-9-13(10(2)21-17-9)4-5-14(20)19-7-6-12(8-19)15-16-11(3)18-22-15/h12H,4-8H2,1-3H3/t12-/m0/s1. The number of hydrogen-bond acceptors (Lipinski definition) is 6. The maximum absolute atomic E-state index is 12.4.